The highest BCUT2D eigenvalue weighted by atomic mass is 16.6. The lowest BCUT2D eigenvalue weighted by molar-refractivity contribution is -0.887. The third kappa shape index (κ3) is 44.5. The Labute approximate surface area is 396 Å². The summed E-state index contributed by atoms with van der Waals surface area (Å²) in [5.74, 6) is -1.59. The van der Waals surface area contributed by atoms with E-state index < -0.39 is 18.1 Å². The van der Waals surface area contributed by atoms with Crippen LogP contribution < -0.4 is 0 Å². The Balaban J connectivity index is 4.48. The van der Waals surface area contributed by atoms with Crippen molar-refractivity contribution in [2.75, 3.05) is 41.0 Å². The third-order valence-electron chi connectivity index (χ3n) is 10.1. The van der Waals surface area contributed by atoms with E-state index in [4.69, 9.17) is 14.2 Å². The fourth-order valence-electron chi connectivity index (χ4n) is 6.33. The van der Waals surface area contributed by atoms with Crippen molar-refractivity contribution in [2.24, 2.45) is 0 Å². The van der Waals surface area contributed by atoms with Crippen molar-refractivity contribution in [3.63, 3.8) is 0 Å². The zero-order chi connectivity index (χ0) is 47.7. The molecule has 364 valence electrons. The Kier molecular flexibility index (Phi) is 42.8. The highest BCUT2D eigenvalue weighted by molar-refractivity contribution is 5.72. The van der Waals surface area contributed by atoms with Gasteiger partial charge in [0.25, 0.3) is 0 Å². The predicted octanol–water partition coefficient (Wildman–Crippen LogP) is 14.4. The summed E-state index contributed by atoms with van der Waals surface area (Å²) >= 11 is 0. The Morgan fingerprint density at radius 3 is 1.45 bits per heavy atom. The molecule has 0 saturated carbocycles. The van der Waals surface area contributed by atoms with Gasteiger partial charge in [0.2, 0.25) is 0 Å². The minimum atomic E-state index is -0.894. The van der Waals surface area contributed by atoms with Crippen LogP contribution >= 0.6 is 0 Å². The molecule has 0 spiro atoms. The number of carbonyl (C=O) groups is 3. The van der Waals surface area contributed by atoms with E-state index in [2.05, 4.69) is 141 Å². The zero-order valence-electron chi connectivity index (χ0n) is 41.4. The first kappa shape index (κ1) is 60.5. The predicted molar refractivity (Wildman–Crippen MR) is 275 cm³/mol. The van der Waals surface area contributed by atoms with Crippen LogP contribution in [0.5, 0.6) is 0 Å². The normalized spacial score (nSPS) is 14.0. The van der Waals surface area contributed by atoms with Gasteiger partial charge >= 0.3 is 17.9 Å². The van der Waals surface area contributed by atoms with Gasteiger partial charge in [0.15, 0.2) is 12.1 Å². The average molecular weight is 901 g/mol. The van der Waals surface area contributed by atoms with Gasteiger partial charge in [0, 0.05) is 19.3 Å². The fraction of sp³-hybridized carbons (Fsp3) is 0.561. The Hall–Kier alpha value is -4.53. The summed E-state index contributed by atoms with van der Waals surface area (Å²) in [7, 11) is 5.49. The molecule has 0 aromatic rings. The number of carbonyl (C=O) groups excluding carboxylic acids is 2. The molecular formula is C57H90NO7+. The molecule has 0 saturated heterocycles. The van der Waals surface area contributed by atoms with E-state index in [9.17, 15) is 19.5 Å². The first-order chi connectivity index (χ1) is 31.6. The number of unbranched alkanes of at least 4 members (excludes halogenated alkanes) is 9. The quantitative estimate of drug-likeness (QED) is 0.0214. The molecule has 0 aromatic carbocycles. The van der Waals surface area contributed by atoms with Crippen LogP contribution in [-0.4, -0.2) is 80.6 Å². The van der Waals surface area contributed by atoms with Gasteiger partial charge in [-0.15, -0.1) is 0 Å². The molecule has 8 heteroatoms. The van der Waals surface area contributed by atoms with Crippen molar-refractivity contribution in [1.82, 2.24) is 0 Å². The monoisotopic (exact) mass is 901 g/mol. The number of nitrogens with zero attached hydrogens (tertiary/aromatic N) is 1. The van der Waals surface area contributed by atoms with E-state index in [1.807, 2.05) is 27.2 Å². The molecule has 0 aromatic heterocycles. The molecule has 8 nitrogen and oxygen atoms in total. The zero-order valence-corrected chi connectivity index (χ0v) is 41.4. The number of aliphatic carboxylic acids is 1. The lowest BCUT2D eigenvalue weighted by Gasteiger charge is -2.31. The van der Waals surface area contributed by atoms with Crippen molar-refractivity contribution in [1.29, 1.82) is 0 Å². The average Bonchev–Trinajstić information content (AvgIpc) is 3.27. The summed E-state index contributed by atoms with van der Waals surface area (Å²) in [4.78, 5) is 37.1. The number of carboxylic acids is 1. The second kappa shape index (κ2) is 46.0. The SMILES string of the molecule is CC/C=C/C/C=C/C/C=C/C/C=C/C/C=C/C/C=C/C/C=C/CCCC(=O)OC(COCCC(C(=O)O)[N+](C)(C)C)COC(=O)CCCCCCC/C=C/C=C/C=C/C=C/CCCCC. The van der Waals surface area contributed by atoms with Crippen LogP contribution in [0, 0.1) is 0 Å². The lowest BCUT2D eigenvalue weighted by atomic mass is 10.1. The number of esters is 2. The van der Waals surface area contributed by atoms with Gasteiger partial charge in [-0.25, -0.2) is 4.79 Å². The van der Waals surface area contributed by atoms with Crippen LogP contribution in [0.3, 0.4) is 0 Å². The number of likely N-dealkylation sites (N-methyl/N-ethyl adjacent to an activating group) is 1. The largest absolute Gasteiger partial charge is 0.477 e. The lowest BCUT2D eigenvalue weighted by Crippen LogP contribution is -2.50. The number of allylic oxidation sites excluding steroid dienone is 22. The molecule has 0 fully saturated rings. The smallest absolute Gasteiger partial charge is 0.362 e. The summed E-state index contributed by atoms with van der Waals surface area (Å²) in [5, 5.41) is 9.65. The van der Waals surface area contributed by atoms with E-state index in [0.717, 1.165) is 96.3 Å². The van der Waals surface area contributed by atoms with E-state index >= 15 is 0 Å². The maximum absolute atomic E-state index is 12.8. The molecule has 1 N–H and O–H groups in total. The molecule has 2 unspecified atom stereocenters. The Bertz CT molecular complexity index is 1520. The minimum Gasteiger partial charge on any atom is -0.477 e. The fourth-order valence-corrected chi connectivity index (χ4v) is 6.33. The van der Waals surface area contributed by atoms with Gasteiger partial charge in [-0.3, -0.25) is 9.59 Å². The van der Waals surface area contributed by atoms with E-state index in [0.29, 0.717) is 19.3 Å². The number of quaternary nitrogens is 1. The third-order valence-corrected chi connectivity index (χ3v) is 10.1. The molecule has 0 radical (unpaired) electrons. The molecule has 0 amide bonds. The maximum atomic E-state index is 12.8. The van der Waals surface area contributed by atoms with Crippen LogP contribution in [0.4, 0.5) is 0 Å². The van der Waals surface area contributed by atoms with Gasteiger partial charge in [-0.1, -0.05) is 180 Å². The second-order valence-electron chi connectivity index (χ2n) is 17.1. The standard InChI is InChI=1S/C57H89NO7/c1-6-8-10-12-14-16-18-20-22-24-26-27-28-29-30-32-34-36-38-40-42-44-46-48-56(60)65-53(51-63-50-49-54(57(61)62)58(3,4)5)52-64-55(59)47-45-43-41-39-37-35-33-31-25-23-21-19-17-15-13-11-9-7-2/h8,10,14-17,19-23,25-27,29-31,33-34,36,40,42,53-54H,6-7,9,11-13,18,24,28,32,35,37-39,41,43-52H2,1-5H3/p+1/b10-8+,16-14+,17-15+,21-19+,22-20+,25-23+,27-26+,30-29+,33-31+,36-34+,42-40+. The number of rotatable bonds is 42. The maximum Gasteiger partial charge on any atom is 0.362 e. The number of ether oxygens (including phenoxy) is 3. The first-order valence-electron chi connectivity index (χ1n) is 24.8. The van der Waals surface area contributed by atoms with E-state index in [1.165, 1.54) is 19.3 Å². The van der Waals surface area contributed by atoms with Crippen LogP contribution in [0.25, 0.3) is 0 Å². The van der Waals surface area contributed by atoms with Gasteiger partial charge in [0.1, 0.15) is 6.61 Å². The van der Waals surface area contributed by atoms with Crippen LogP contribution in [-0.2, 0) is 28.6 Å². The summed E-state index contributed by atoms with van der Waals surface area (Å²) in [6.45, 7) is 4.47. The van der Waals surface area contributed by atoms with Crippen molar-refractivity contribution >= 4 is 17.9 Å². The minimum absolute atomic E-state index is 0.0197. The Morgan fingerprint density at radius 1 is 0.492 bits per heavy atom. The number of hydrogen-bond donors (Lipinski definition) is 1. The first-order valence-corrected chi connectivity index (χ1v) is 24.8. The second-order valence-corrected chi connectivity index (χ2v) is 17.1. The summed E-state index contributed by atoms with van der Waals surface area (Å²) < 4.78 is 17.2. The van der Waals surface area contributed by atoms with E-state index in [-0.39, 0.29) is 42.7 Å². The summed E-state index contributed by atoms with van der Waals surface area (Å²) in [5.41, 5.74) is 0. The van der Waals surface area contributed by atoms with Gasteiger partial charge in [0.05, 0.1) is 34.4 Å². The number of carboxylic acid groups (broad SMARTS) is 1. The van der Waals surface area contributed by atoms with Gasteiger partial charge in [-0.2, -0.15) is 0 Å². The van der Waals surface area contributed by atoms with Crippen LogP contribution in [0.2, 0.25) is 0 Å². The Morgan fingerprint density at radius 2 is 0.938 bits per heavy atom. The summed E-state index contributed by atoms with van der Waals surface area (Å²) in [6.07, 6.45) is 66.4. The van der Waals surface area contributed by atoms with Crippen LogP contribution in [0.1, 0.15) is 155 Å². The van der Waals surface area contributed by atoms with Crippen LogP contribution in [0.15, 0.2) is 134 Å². The molecule has 0 aliphatic heterocycles. The molecule has 2 atom stereocenters. The molecular weight excluding hydrogens is 811 g/mol. The molecule has 65 heavy (non-hydrogen) atoms. The summed E-state index contributed by atoms with van der Waals surface area (Å²) in [6, 6.07) is -0.639. The topological polar surface area (TPSA) is 99.1 Å². The highest BCUT2D eigenvalue weighted by Gasteiger charge is 2.31. The van der Waals surface area contributed by atoms with Crippen molar-refractivity contribution in [3.8, 4) is 0 Å². The van der Waals surface area contributed by atoms with Gasteiger partial charge < -0.3 is 23.8 Å². The van der Waals surface area contributed by atoms with Crippen molar-refractivity contribution < 1.29 is 38.2 Å². The highest BCUT2D eigenvalue weighted by Crippen LogP contribution is 2.12. The molecule has 0 rings (SSSR count). The molecule has 0 heterocycles. The molecule has 0 aliphatic carbocycles. The van der Waals surface area contributed by atoms with Crippen molar-refractivity contribution in [3.05, 3.63) is 134 Å². The van der Waals surface area contributed by atoms with E-state index in [1.54, 1.807) is 0 Å². The molecule has 0 bridgehead atoms. The van der Waals surface area contributed by atoms with Crippen molar-refractivity contribution in [2.45, 2.75) is 167 Å². The molecule has 0 aliphatic rings. The van der Waals surface area contributed by atoms with Gasteiger partial charge in [-0.05, 0) is 89.9 Å². The number of hydrogen-bond acceptors (Lipinski definition) is 6.